The Morgan fingerprint density at radius 1 is 1.00 bits per heavy atom. The van der Waals surface area contributed by atoms with Crippen molar-refractivity contribution >= 4 is 33.9 Å². The summed E-state index contributed by atoms with van der Waals surface area (Å²) in [6, 6.07) is 15.2. The summed E-state index contributed by atoms with van der Waals surface area (Å²) in [7, 11) is 3.24. The zero-order chi connectivity index (χ0) is 20.1. The Kier molecular flexibility index (Phi) is 5.92. The Morgan fingerprint density at radius 2 is 1.76 bits per heavy atom. The zero-order valence-corrected chi connectivity index (χ0v) is 17.3. The van der Waals surface area contributed by atoms with Gasteiger partial charge in [0.1, 0.15) is 11.5 Å². The lowest BCUT2D eigenvalue weighted by atomic mass is 10.2. The summed E-state index contributed by atoms with van der Waals surface area (Å²) in [5, 5.41) is 16.3. The molecule has 10 heteroatoms. The van der Waals surface area contributed by atoms with E-state index in [1.54, 1.807) is 14.2 Å². The molecule has 0 unspecified atom stereocenters. The molecule has 4 aromatic rings. The van der Waals surface area contributed by atoms with Gasteiger partial charge in [-0.1, -0.05) is 52.5 Å². The largest absolute Gasteiger partial charge is 0.496 e. The minimum atomic E-state index is 0.492. The summed E-state index contributed by atoms with van der Waals surface area (Å²) in [5.74, 6) is 2.93. The topological polar surface area (TPSA) is 95.2 Å². The molecule has 2 aromatic heterocycles. The molecule has 8 nitrogen and oxygen atoms in total. The molecule has 0 radical (unpaired) electrons. The second-order valence-electron chi connectivity index (χ2n) is 5.70. The average molecular weight is 428 g/mol. The molecule has 0 spiro atoms. The lowest BCUT2D eigenvalue weighted by Crippen LogP contribution is -1.93. The van der Waals surface area contributed by atoms with E-state index >= 15 is 0 Å². The number of thioether (sulfide) groups is 1. The van der Waals surface area contributed by atoms with Crippen molar-refractivity contribution in [2.75, 3.05) is 19.5 Å². The highest BCUT2D eigenvalue weighted by Crippen LogP contribution is 2.33. The fraction of sp³-hybridized carbons (Fsp3) is 0.158. The van der Waals surface area contributed by atoms with Crippen LogP contribution in [0.15, 0.2) is 57.4 Å². The van der Waals surface area contributed by atoms with Gasteiger partial charge in [0, 0.05) is 0 Å². The molecular weight excluding hydrogens is 410 g/mol. The maximum absolute atomic E-state index is 5.36. The van der Waals surface area contributed by atoms with Crippen molar-refractivity contribution in [2.45, 2.75) is 10.1 Å². The number of anilines is 2. The zero-order valence-electron chi connectivity index (χ0n) is 15.7. The van der Waals surface area contributed by atoms with E-state index in [9.17, 15) is 0 Å². The molecule has 0 aliphatic rings. The number of nitrogens with one attached hydrogen (secondary N) is 1. The molecule has 0 atom stereocenters. The van der Waals surface area contributed by atoms with Gasteiger partial charge in [0.25, 0.3) is 0 Å². The summed E-state index contributed by atoms with van der Waals surface area (Å²) < 4.78 is 16.8. The van der Waals surface area contributed by atoms with Gasteiger partial charge in [-0.3, -0.25) is 0 Å². The molecular formula is C19H17N5O3S2. The van der Waals surface area contributed by atoms with Crippen LogP contribution in [0.2, 0.25) is 0 Å². The van der Waals surface area contributed by atoms with Crippen molar-refractivity contribution in [2.24, 2.45) is 0 Å². The summed E-state index contributed by atoms with van der Waals surface area (Å²) in [5.41, 5.74) is 1.62. The van der Waals surface area contributed by atoms with Crippen molar-refractivity contribution in [3.05, 3.63) is 54.4 Å². The van der Waals surface area contributed by atoms with Crippen molar-refractivity contribution in [3.8, 4) is 22.9 Å². The number of para-hydroxylation sites is 3. The maximum Gasteiger partial charge on any atom is 0.237 e. The van der Waals surface area contributed by atoms with Gasteiger partial charge in [-0.2, -0.15) is 4.98 Å². The third-order valence-corrected chi connectivity index (χ3v) is 5.85. The minimum Gasteiger partial charge on any atom is -0.496 e. The molecule has 0 aliphatic heterocycles. The molecule has 4 rings (SSSR count). The van der Waals surface area contributed by atoms with Gasteiger partial charge in [0.05, 0.1) is 31.2 Å². The van der Waals surface area contributed by atoms with E-state index in [1.807, 2.05) is 48.5 Å². The van der Waals surface area contributed by atoms with E-state index in [0.29, 0.717) is 28.3 Å². The SMILES string of the molecule is COc1ccccc1Nc1nnc(SCc2nc(-c3ccccc3OC)no2)s1. The molecule has 1 N–H and O–H groups in total. The molecule has 29 heavy (non-hydrogen) atoms. The Balaban J connectivity index is 1.40. The van der Waals surface area contributed by atoms with Gasteiger partial charge in [0.15, 0.2) is 4.34 Å². The predicted molar refractivity (Wildman–Crippen MR) is 112 cm³/mol. The molecule has 0 saturated carbocycles. The standard InChI is InChI=1S/C19H17N5O3S2/c1-25-14-9-5-3-7-12(14)17-21-16(27-24-17)11-28-19-23-22-18(29-19)20-13-8-4-6-10-15(13)26-2/h3-10H,11H2,1-2H3,(H,20,22). The number of hydrogen-bond donors (Lipinski definition) is 1. The fourth-order valence-corrected chi connectivity index (χ4v) is 4.16. The van der Waals surface area contributed by atoms with Gasteiger partial charge < -0.3 is 19.3 Å². The number of benzene rings is 2. The summed E-state index contributed by atoms with van der Waals surface area (Å²) >= 11 is 2.92. The molecule has 0 bridgehead atoms. The lowest BCUT2D eigenvalue weighted by Gasteiger charge is -2.07. The molecule has 0 fully saturated rings. The first-order valence-corrected chi connectivity index (χ1v) is 10.4. The van der Waals surface area contributed by atoms with Crippen molar-refractivity contribution in [1.82, 2.24) is 20.3 Å². The van der Waals surface area contributed by atoms with Crippen molar-refractivity contribution < 1.29 is 14.0 Å². The average Bonchev–Trinajstić information content (AvgIpc) is 3.42. The van der Waals surface area contributed by atoms with Crippen LogP contribution in [0.5, 0.6) is 11.5 Å². The molecule has 0 saturated heterocycles. The summed E-state index contributed by atoms with van der Waals surface area (Å²) in [6.07, 6.45) is 0. The Labute approximate surface area is 175 Å². The van der Waals surface area contributed by atoms with Crippen LogP contribution in [-0.4, -0.2) is 34.6 Å². The van der Waals surface area contributed by atoms with Crippen LogP contribution in [0.1, 0.15) is 5.89 Å². The molecule has 2 heterocycles. The molecule has 2 aromatic carbocycles. The van der Waals surface area contributed by atoms with Crippen molar-refractivity contribution in [3.63, 3.8) is 0 Å². The Bertz CT molecular complexity index is 1100. The van der Waals surface area contributed by atoms with Crippen LogP contribution >= 0.6 is 23.1 Å². The van der Waals surface area contributed by atoms with Crippen molar-refractivity contribution in [1.29, 1.82) is 0 Å². The number of methoxy groups -OCH3 is 2. The molecule has 0 aliphatic carbocycles. The van der Waals surface area contributed by atoms with E-state index in [1.165, 1.54) is 23.1 Å². The van der Waals surface area contributed by atoms with E-state index < -0.39 is 0 Å². The number of nitrogens with zero attached hydrogens (tertiary/aromatic N) is 4. The predicted octanol–water partition coefficient (Wildman–Crippen LogP) is 4.64. The highest BCUT2D eigenvalue weighted by molar-refractivity contribution is 8.00. The summed E-state index contributed by atoms with van der Waals surface area (Å²) in [6.45, 7) is 0. The number of hydrogen-bond acceptors (Lipinski definition) is 10. The smallest absolute Gasteiger partial charge is 0.237 e. The third-order valence-electron chi connectivity index (χ3n) is 3.89. The van der Waals surface area contributed by atoms with E-state index in [0.717, 1.165) is 21.3 Å². The first-order valence-electron chi connectivity index (χ1n) is 8.59. The van der Waals surface area contributed by atoms with E-state index in [2.05, 4.69) is 25.7 Å². The van der Waals surface area contributed by atoms with Gasteiger partial charge in [-0.15, -0.1) is 10.2 Å². The highest BCUT2D eigenvalue weighted by Gasteiger charge is 2.14. The van der Waals surface area contributed by atoms with Crippen LogP contribution < -0.4 is 14.8 Å². The number of ether oxygens (including phenoxy) is 2. The number of aromatic nitrogens is 4. The molecule has 0 amide bonds. The first kappa shape index (κ1) is 19.2. The summed E-state index contributed by atoms with van der Waals surface area (Å²) in [4.78, 5) is 4.45. The van der Waals surface area contributed by atoms with Crippen LogP contribution in [0, 0.1) is 0 Å². The quantitative estimate of drug-likeness (QED) is 0.403. The van der Waals surface area contributed by atoms with Gasteiger partial charge >= 0.3 is 0 Å². The second kappa shape index (κ2) is 8.93. The highest BCUT2D eigenvalue weighted by atomic mass is 32.2. The fourth-order valence-electron chi connectivity index (χ4n) is 2.56. The van der Waals surface area contributed by atoms with E-state index in [-0.39, 0.29) is 0 Å². The first-order chi connectivity index (χ1) is 14.3. The minimum absolute atomic E-state index is 0.492. The Hall–Kier alpha value is -3.11. The normalized spacial score (nSPS) is 10.7. The van der Waals surface area contributed by atoms with Crippen LogP contribution in [0.25, 0.3) is 11.4 Å². The lowest BCUT2D eigenvalue weighted by molar-refractivity contribution is 0.390. The monoisotopic (exact) mass is 427 g/mol. The second-order valence-corrected chi connectivity index (χ2v) is 7.90. The maximum atomic E-state index is 5.36. The van der Waals surface area contributed by atoms with Crippen LogP contribution in [-0.2, 0) is 5.75 Å². The number of rotatable bonds is 8. The molecule has 148 valence electrons. The van der Waals surface area contributed by atoms with Gasteiger partial charge in [-0.25, -0.2) is 0 Å². The van der Waals surface area contributed by atoms with Crippen LogP contribution in [0.4, 0.5) is 10.8 Å². The van der Waals surface area contributed by atoms with E-state index in [4.69, 9.17) is 14.0 Å². The Morgan fingerprint density at radius 3 is 2.59 bits per heavy atom. The van der Waals surface area contributed by atoms with Gasteiger partial charge in [0.2, 0.25) is 16.8 Å². The third kappa shape index (κ3) is 4.49. The van der Waals surface area contributed by atoms with Gasteiger partial charge in [-0.05, 0) is 24.3 Å². The van der Waals surface area contributed by atoms with Crippen LogP contribution in [0.3, 0.4) is 0 Å².